The second-order valence-electron chi connectivity index (χ2n) is 4.47. The van der Waals surface area contributed by atoms with Crippen LogP contribution in [0.1, 0.15) is 53.9 Å². The molecule has 0 radical (unpaired) electrons. The van der Waals surface area contributed by atoms with Crippen molar-refractivity contribution in [1.82, 2.24) is 0 Å². The normalized spacial score (nSPS) is 12.9. The van der Waals surface area contributed by atoms with Crippen LogP contribution in [0.15, 0.2) is 11.6 Å². The second-order valence-corrected chi connectivity index (χ2v) is 4.47. The van der Waals surface area contributed by atoms with Gasteiger partial charge in [-0.3, -0.25) is 0 Å². The summed E-state index contributed by atoms with van der Waals surface area (Å²) in [5, 5.41) is 0. The first-order valence-electron chi connectivity index (χ1n) is 6.48. The van der Waals surface area contributed by atoms with E-state index < -0.39 is 0 Å². The third-order valence-electron chi connectivity index (χ3n) is 2.54. The molecule has 96 valence electrons. The van der Waals surface area contributed by atoms with E-state index in [0.29, 0.717) is 5.92 Å². The molecule has 0 saturated heterocycles. The van der Waals surface area contributed by atoms with Crippen molar-refractivity contribution < 1.29 is 9.47 Å². The van der Waals surface area contributed by atoms with Gasteiger partial charge in [0.2, 0.25) is 0 Å². The molecule has 0 aromatic heterocycles. The van der Waals surface area contributed by atoms with Crippen LogP contribution in [-0.2, 0) is 9.47 Å². The molecular weight excluding hydrogens is 200 g/mol. The van der Waals surface area contributed by atoms with Gasteiger partial charge in [-0.2, -0.15) is 0 Å². The van der Waals surface area contributed by atoms with Gasteiger partial charge >= 0.3 is 0 Å². The van der Waals surface area contributed by atoms with Crippen molar-refractivity contribution >= 4 is 0 Å². The van der Waals surface area contributed by atoms with Gasteiger partial charge in [0.25, 0.3) is 0 Å². The Morgan fingerprint density at radius 1 is 1.12 bits per heavy atom. The summed E-state index contributed by atoms with van der Waals surface area (Å²) < 4.78 is 11.2. The quantitative estimate of drug-likeness (QED) is 0.335. The van der Waals surface area contributed by atoms with Gasteiger partial charge in [-0.25, -0.2) is 0 Å². The molecule has 2 nitrogen and oxygen atoms in total. The molecule has 0 N–H and O–H groups in total. The lowest BCUT2D eigenvalue weighted by molar-refractivity contribution is -0.164. The Hall–Kier alpha value is -0.340. The van der Waals surface area contributed by atoms with Crippen LogP contribution in [0.4, 0.5) is 0 Å². The van der Waals surface area contributed by atoms with Crippen LogP contribution in [0, 0.1) is 5.92 Å². The topological polar surface area (TPSA) is 18.5 Å². The third kappa shape index (κ3) is 7.89. The van der Waals surface area contributed by atoms with Crippen LogP contribution >= 0.6 is 0 Å². The number of allylic oxidation sites excluding steroid dienone is 2. The Balaban J connectivity index is 3.81. The monoisotopic (exact) mass is 228 g/mol. The molecule has 1 atom stereocenters. The Morgan fingerprint density at radius 3 is 2.12 bits per heavy atom. The maximum atomic E-state index is 5.58. The summed E-state index contributed by atoms with van der Waals surface area (Å²) in [4.78, 5) is 0. The maximum absolute atomic E-state index is 5.58. The second kappa shape index (κ2) is 9.86. The van der Waals surface area contributed by atoms with Crippen LogP contribution in [0.5, 0.6) is 0 Å². The highest BCUT2D eigenvalue weighted by Gasteiger charge is 2.16. The lowest BCUT2D eigenvalue weighted by Crippen LogP contribution is -2.25. The summed E-state index contributed by atoms with van der Waals surface area (Å²) >= 11 is 0. The summed E-state index contributed by atoms with van der Waals surface area (Å²) in [7, 11) is 0. The van der Waals surface area contributed by atoms with Crippen molar-refractivity contribution in [3.8, 4) is 0 Å². The molecule has 0 heterocycles. The fourth-order valence-corrected chi connectivity index (χ4v) is 1.67. The summed E-state index contributed by atoms with van der Waals surface area (Å²) in [6, 6.07) is 0. The highest BCUT2D eigenvalue weighted by atomic mass is 16.7. The molecule has 0 fully saturated rings. The number of hydrogen-bond donors (Lipinski definition) is 0. The van der Waals surface area contributed by atoms with Gasteiger partial charge in [-0.15, -0.1) is 0 Å². The van der Waals surface area contributed by atoms with Gasteiger partial charge in [0.05, 0.1) is 0 Å². The van der Waals surface area contributed by atoms with Crippen LogP contribution in [0.3, 0.4) is 0 Å². The van der Waals surface area contributed by atoms with E-state index >= 15 is 0 Å². The first-order valence-corrected chi connectivity index (χ1v) is 6.48. The Morgan fingerprint density at radius 2 is 1.69 bits per heavy atom. The molecule has 0 aromatic rings. The molecule has 0 aliphatic rings. The minimum atomic E-state index is -0.0262. The minimum Gasteiger partial charge on any atom is -0.353 e. The first-order chi connectivity index (χ1) is 7.61. The van der Waals surface area contributed by atoms with Crippen molar-refractivity contribution in [1.29, 1.82) is 0 Å². The lowest BCUT2D eigenvalue weighted by atomic mass is 10.0. The molecule has 1 unspecified atom stereocenters. The number of unbranched alkanes of at least 4 members (excludes halogenated alkanes) is 1. The predicted molar refractivity (Wildman–Crippen MR) is 69.5 cm³/mol. The first kappa shape index (κ1) is 15.7. The molecule has 0 aromatic carbocycles. The molecule has 0 rings (SSSR count). The minimum absolute atomic E-state index is 0.0262. The molecule has 0 spiro atoms. The Bertz CT molecular complexity index is 177. The van der Waals surface area contributed by atoms with E-state index in [9.17, 15) is 0 Å². The van der Waals surface area contributed by atoms with Crippen molar-refractivity contribution in [2.75, 3.05) is 13.2 Å². The van der Waals surface area contributed by atoms with E-state index in [2.05, 4.69) is 26.8 Å². The van der Waals surface area contributed by atoms with E-state index in [1.165, 1.54) is 12.0 Å². The zero-order valence-electron chi connectivity index (χ0n) is 11.6. The van der Waals surface area contributed by atoms with Crippen LogP contribution < -0.4 is 0 Å². The van der Waals surface area contributed by atoms with E-state index in [0.717, 1.165) is 26.1 Å². The Kier molecular flexibility index (Phi) is 9.65. The number of hydrogen-bond acceptors (Lipinski definition) is 2. The zero-order chi connectivity index (χ0) is 12.4. The largest absolute Gasteiger partial charge is 0.353 e. The van der Waals surface area contributed by atoms with Gasteiger partial charge in [-0.05, 0) is 47.0 Å². The van der Waals surface area contributed by atoms with Crippen molar-refractivity contribution in [3.63, 3.8) is 0 Å². The molecule has 0 aliphatic heterocycles. The lowest BCUT2D eigenvalue weighted by Gasteiger charge is -2.23. The van der Waals surface area contributed by atoms with Crippen molar-refractivity contribution in [2.45, 2.75) is 60.2 Å². The van der Waals surface area contributed by atoms with E-state index in [-0.39, 0.29) is 6.29 Å². The fraction of sp³-hybridized carbons (Fsp3) is 0.857. The van der Waals surface area contributed by atoms with E-state index in [1.54, 1.807) is 0 Å². The molecule has 2 heteroatoms. The van der Waals surface area contributed by atoms with Gasteiger partial charge < -0.3 is 9.47 Å². The van der Waals surface area contributed by atoms with Gasteiger partial charge in [0, 0.05) is 19.1 Å². The van der Waals surface area contributed by atoms with E-state index in [1.807, 2.05) is 13.8 Å². The third-order valence-corrected chi connectivity index (χ3v) is 2.54. The molecule has 0 bridgehead atoms. The molecule has 0 saturated carbocycles. The highest BCUT2D eigenvalue weighted by Crippen LogP contribution is 2.17. The molecule has 0 amide bonds. The average Bonchev–Trinajstić information content (AvgIpc) is 2.23. The fourth-order valence-electron chi connectivity index (χ4n) is 1.67. The summed E-state index contributed by atoms with van der Waals surface area (Å²) in [6.45, 7) is 12.0. The smallest absolute Gasteiger partial charge is 0.160 e. The predicted octanol–water partition coefficient (Wildman–Crippen LogP) is 4.16. The molecular formula is C14H28O2. The molecule has 16 heavy (non-hydrogen) atoms. The standard InChI is InChI=1S/C14H28O2/c1-6-15-14(16-7-2)13(5)11-9-8-10-12(3)4/h10,13-14H,6-9,11H2,1-5H3. The summed E-state index contributed by atoms with van der Waals surface area (Å²) in [6.07, 6.45) is 5.81. The van der Waals surface area contributed by atoms with E-state index in [4.69, 9.17) is 9.47 Å². The van der Waals surface area contributed by atoms with Gasteiger partial charge in [0.15, 0.2) is 6.29 Å². The molecule has 0 aliphatic carbocycles. The zero-order valence-corrected chi connectivity index (χ0v) is 11.6. The number of ether oxygens (including phenoxy) is 2. The van der Waals surface area contributed by atoms with Crippen molar-refractivity contribution in [2.24, 2.45) is 5.92 Å². The highest BCUT2D eigenvalue weighted by molar-refractivity contribution is 4.92. The SMILES string of the molecule is CCOC(OCC)C(C)CCCC=C(C)C. The van der Waals surface area contributed by atoms with Crippen LogP contribution in [0.2, 0.25) is 0 Å². The van der Waals surface area contributed by atoms with Gasteiger partial charge in [0.1, 0.15) is 0 Å². The van der Waals surface area contributed by atoms with Crippen LogP contribution in [0.25, 0.3) is 0 Å². The van der Waals surface area contributed by atoms with Gasteiger partial charge in [-0.1, -0.05) is 18.6 Å². The Labute approximate surface area is 101 Å². The van der Waals surface area contributed by atoms with Crippen LogP contribution in [-0.4, -0.2) is 19.5 Å². The summed E-state index contributed by atoms with van der Waals surface area (Å²) in [5.41, 5.74) is 1.40. The summed E-state index contributed by atoms with van der Waals surface area (Å²) in [5.74, 6) is 0.477. The van der Waals surface area contributed by atoms with Crippen molar-refractivity contribution in [3.05, 3.63) is 11.6 Å². The average molecular weight is 228 g/mol. The number of rotatable bonds is 9. The maximum Gasteiger partial charge on any atom is 0.160 e.